The van der Waals surface area contributed by atoms with Crippen LogP contribution in [0.2, 0.25) is 0 Å². The number of hydrogen-bond acceptors (Lipinski definition) is 3. The average molecular weight is 520 g/mol. The largest absolute Gasteiger partial charge is 0.247 e. The molecule has 0 fully saturated rings. The van der Waals surface area contributed by atoms with Gasteiger partial charge in [0.05, 0.1) is 15.9 Å². The maximum atomic E-state index is 5.20. The van der Waals surface area contributed by atoms with E-state index in [2.05, 4.69) is 114 Å². The monoisotopic (exact) mass is 519 g/mol. The summed E-state index contributed by atoms with van der Waals surface area (Å²) in [4.78, 5) is 6.50. The third-order valence-corrected chi connectivity index (χ3v) is 9.25. The van der Waals surface area contributed by atoms with Crippen LogP contribution in [0.3, 0.4) is 0 Å². The fourth-order valence-electron chi connectivity index (χ4n) is 5.43. The van der Waals surface area contributed by atoms with Crippen LogP contribution in [0.15, 0.2) is 72.1 Å². The molecule has 0 N–H and O–H groups in total. The Morgan fingerprint density at radius 3 is 2.46 bits per heavy atom. The SMILES string of the molecule is Cc1cc2nc(-c3cc(C(C)(C)C)c4ccccc4c3)cc(-c3ccc4scc(CC(C)C)c4c3)c2s1. The molecule has 3 heteroatoms. The molecule has 0 aliphatic heterocycles. The molecule has 3 aromatic heterocycles. The lowest BCUT2D eigenvalue weighted by atomic mass is 9.82. The predicted molar refractivity (Wildman–Crippen MR) is 165 cm³/mol. The number of hydrogen-bond donors (Lipinski definition) is 0. The van der Waals surface area contributed by atoms with Gasteiger partial charge in [-0.15, -0.1) is 22.7 Å². The number of benzene rings is 3. The summed E-state index contributed by atoms with van der Waals surface area (Å²) >= 11 is 3.71. The van der Waals surface area contributed by atoms with E-state index in [9.17, 15) is 0 Å². The van der Waals surface area contributed by atoms with Crippen molar-refractivity contribution in [2.75, 3.05) is 0 Å². The fraction of sp³-hybridized carbons (Fsp3) is 0.265. The smallest absolute Gasteiger partial charge is 0.0826 e. The van der Waals surface area contributed by atoms with E-state index in [-0.39, 0.29) is 5.41 Å². The Bertz CT molecular complexity index is 1780. The van der Waals surface area contributed by atoms with Crippen molar-refractivity contribution in [1.29, 1.82) is 0 Å². The number of fused-ring (bicyclic) bond motifs is 3. The Hall–Kier alpha value is -3.01. The standard InChI is InChI=1S/C34H33NS2/c1-20(2)13-25-19-36-32-12-11-23(16-27(25)32)28-18-30(35-31-14-21(3)37-33(28)31)24-15-22-9-7-8-10-26(22)29(17-24)34(4,5)6/h7-12,14-20H,13H2,1-6H3. The quantitative estimate of drug-likeness (QED) is 0.226. The highest BCUT2D eigenvalue weighted by atomic mass is 32.1. The van der Waals surface area contributed by atoms with E-state index in [0.717, 1.165) is 17.6 Å². The molecular weight excluding hydrogens is 487 g/mol. The summed E-state index contributed by atoms with van der Waals surface area (Å²) in [5, 5.41) is 6.34. The normalized spacial score (nSPS) is 12.4. The highest BCUT2D eigenvalue weighted by Crippen LogP contribution is 2.41. The summed E-state index contributed by atoms with van der Waals surface area (Å²) in [5.74, 6) is 0.644. The van der Waals surface area contributed by atoms with Gasteiger partial charge in [0.15, 0.2) is 0 Å². The molecule has 37 heavy (non-hydrogen) atoms. The number of nitrogens with zero attached hydrogens (tertiary/aromatic N) is 1. The Balaban J connectivity index is 1.59. The van der Waals surface area contributed by atoms with Crippen LogP contribution in [-0.4, -0.2) is 4.98 Å². The van der Waals surface area contributed by atoms with Crippen molar-refractivity contribution in [3.63, 3.8) is 0 Å². The Kier molecular flexibility index (Phi) is 5.97. The lowest BCUT2D eigenvalue weighted by molar-refractivity contribution is 0.596. The number of aryl methyl sites for hydroxylation is 1. The second-order valence-corrected chi connectivity index (χ2v) is 13.9. The van der Waals surface area contributed by atoms with Gasteiger partial charge in [-0.05, 0) is 99.3 Å². The molecule has 0 saturated carbocycles. The van der Waals surface area contributed by atoms with Crippen LogP contribution in [0.25, 0.3) is 53.5 Å². The van der Waals surface area contributed by atoms with Crippen molar-refractivity contribution in [2.24, 2.45) is 5.92 Å². The van der Waals surface area contributed by atoms with Gasteiger partial charge in [-0.2, -0.15) is 0 Å². The molecule has 3 heterocycles. The van der Waals surface area contributed by atoms with Gasteiger partial charge in [0.25, 0.3) is 0 Å². The first-order valence-electron chi connectivity index (χ1n) is 13.1. The Morgan fingerprint density at radius 2 is 1.68 bits per heavy atom. The third-order valence-electron chi connectivity index (χ3n) is 7.16. The highest BCUT2D eigenvalue weighted by Gasteiger charge is 2.20. The molecular formula is C34H33NS2. The van der Waals surface area contributed by atoms with Crippen LogP contribution in [0, 0.1) is 12.8 Å². The number of rotatable bonds is 4. The van der Waals surface area contributed by atoms with E-state index in [1.165, 1.54) is 58.3 Å². The van der Waals surface area contributed by atoms with Crippen LogP contribution < -0.4 is 0 Å². The minimum atomic E-state index is 0.0400. The van der Waals surface area contributed by atoms with Gasteiger partial charge < -0.3 is 0 Å². The predicted octanol–water partition coefficient (Wildman–Crippen LogP) is 10.8. The molecule has 1 nitrogen and oxygen atoms in total. The van der Waals surface area contributed by atoms with Crippen LogP contribution in [-0.2, 0) is 11.8 Å². The molecule has 6 rings (SSSR count). The molecule has 0 atom stereocenters. The third kappa shape index (κ3) is 4.49. The van der Waals surface area contributed by atoms with Crippen molar-refractivity contribution >= 4 is 53.7 Å². The van der Waals surface area contributed by atoms with Gasteiger partial charge in [-0.1, -0.05) is 65.0 Å². The summed E-state index contributed by atoms with van der Waals surface area (Å²) in [6.45, 7) is 13.7. The average Bonchev–Trinajstić information content (AvgIpc) is 3.43. The summed E-state index contributed by atoms with van der Waals surface area (Å²) < 4.78 is 2.65. The van der Waals surface area contributed by atoms with Gasteiger partial charge in [0.2, 0.25) is 0 Å². The summed E-state index contributed by atoms with van der Waals surface area (Å²) in [6.07, 6.45) is 1.12. The van der Waals surface area contributed by atoms with Gasteiger partial charge in [0.1, 0.15) is 0 Å². The number of thiophene rings is 2. The second kappa shape index (κ2) is 9.08. The van der Waals surface area contributed by atoms with E-state index in [0.29, 0.717) is 5.92 Å². The van der Waals surface area contributed by atoms with Crippen LogP contribution >= 0.6 is 22.7 Å². The van der Waals surface area contributed by atoms with E-state index in [4.69, 9.17) is 4.98 Å². The molecule has 0 saturated heterocycles. The Labute approximate surface area is 227 Å². The van der Waals surface area contributed by atoms with E-state index in [1.807, 2.05) is 22.7 Å². The van der Waals surface area contributed by atoms with Gasteiger partial charge >= 0.3 is 0 Å². The lowest BCUT2D eigenvalue weighted by Gasteiger charge is -2.23. The van der Waals surface area contributed by atoms with Gasteiger partial charge in [-0.25, -0.2) is 4.98 Å². The molecule has 0 unspecified atom stereocenters. The van der Waals surface area contributed by atoms with E-state index in [1.54, 1.807) is 0 Å². The molecule has 3 aromatic carbocycles. The van der Waals surface area contributed by atoms with Gasteiger partial charge in [-0.3, -0.25) is 0 Å². The highest BCUT2D eigenvalue weighted by molar-refractivity contribution is 7.19. The molecule has 0 bridgehead atoms. The maximum absolute atomic E-state index is 5.20. The molecule has 0 aliphatic rings. The zero-order valence-corrected chi connectivity index (χ0v) is 24.1. The molecule has 6 aromatic rings. The topological polar surface area (TPSA) is 12.9 Å². The molecule has 0 spiro atoms. The van der Waals surface area contributed by atoms with Crippen LogP contribution in [0.4, 0.5) is 0 Å². The van der Waals surface area contributed by atoms with Crippen molar-refractivity contribution < 1.29 is 0 Å². The van der Waals surface area contributed by atoms with Crippen molar-refractivity contribution in [3.05, 3.63) is 88.1 Å². The second-order valence-electron chi connectivity index (χ2n) is 11.7. The van der Waals surface area contributed by atoms with E-state index < -0.39 is 0 Å². The van der Waals surface area contributed by atoms with E-state index >= 15 is 0 Å². The summed E-state index contributed by atoms with van der Waals surface area (Å²) in [6, 6.07) is 25.0. The van der Waals surface area contributed by atoms with Crippen LogP contribution in [0.5, 0.6) is 0 Å². The first-order valence-corrected chi connectivity index (χ1v) is 14.8. The minimum Gasteiger partial charge on any atom is -0.247 e. The summed E-state index contributed by atoms with van der Waals surface area (Å²) in [5.41, 5.74) is 8.76. The molecule has 186 valence electrons. The molecule has 0 amide bonds. The van der Waals surface area contributed by atoms with Gasteiger partial charge in [0, 0.05) is 20.7 Å². The lowest BCUT2D eigenvalue weighted by Crippen LogP contribution is -2.12. The van der Waals surface area contributed by atoms with Crippen molar-refractivity contribution in [1.82, 2.24) is 4.98 Å². The number of pyridine rings is 1. The summed E-state index contributed by atoms with van der Waals surface area (Å²) in [7, 11) is 0. The maximum Gasteiger partial charge on any atom is 0.0826 e. The zero-order chi connectivity index (χ0) is 25.9. The minimum absolute atomic E-state index is 0.0400. The molecule has 0 radical (unpaired) electrons. The molecule has 0 aliphatic carbocycles. The van der Waals surface area contributed by atoms with Crippen molar-refractivity contribution in [2.45, 2.75) is 53.4 Å². The number of aromatic nitrogens is 1. The Morgan fingerprint density at radius 1 is 0.865 bits per heavy atom. The van der Waals surface area contributed by atoms with Crippen LogP contribution in [0.1, 0.15) is 50.6 Å². The first-order chi connectivity index (χ1) is 17.7. The zero-order valence-electron chi connectivity index (χ0n) is 22.5. The first kappa shape index (κ1) is 24.3. The fourth-order valence-corrected chi connectivity index (χ4v) is 7.37. The van der Waals surface area contributed by atoms with Crippen molar-refractivity contribution in [3.8, 4) is 22.4 Å².